The molecule has 0 radical (unpaired) electrons. The van der Waals surface area contributed by atoms with Gasteiger partial charge in [-0.1, -0.05) is 26.0 Å². The van der Waals surface area contributed by atoms with Crippen LogP contribution in [0.3, 0.4) is 0 Å². The molecule has 7 nitrogen and oxygen atoms in total. The fraction of sp³-hybridized carbons (Fsp3) is 0.500. The fourth-order valence-electron chi connectivity index (χ4n) is 5.08. The van der Waals surface area contributed by atoms with Gasteiger partial charge in [-0.15, -0.1) is 0 Å². The van der Waals surface area contributed by atoms with E-state index in [9.17, 15) is 4.79 Å². The van der Waals surface area contributed by atoms with Crippen LogP contribution in [0.5, 0.6) is 0 Å². The molecular formula is C26H32N4O3. The van der Waals surface area contributed by atoms with Crippen LogP contribution in [0.4, 0.5) is 5.69 Å². The first-order valence-electron chi connectivity index (χ1n) is 11.9. The molecule has 3 aromatic rings. The maximum atomic E-state index is 12.8. The smallest absolute Gasteiger partial charge is 0.357 e. The Morgan fingerprint density at radius 2 is 1.97 bits per heavy atom. The predicted octanol–water partition coefficient (Wildman–Crippen LogP) is 4.65. The molecule has 2 aliphatic rings. The standard InChI is InChI=1S/C26H32N4O3/c1-5-33-25(31)20-14-21(29-15-26(16-29)9-11-32-12-10-26)22-23(17(2)3)28-30(24(22)27-20)19-8-6-7-18(4)13-19/h6-8,13-14,17H,5,9-12,15-16H2,1-4H3. The molecule has 2 aromatic heterocycles. The van der Waals surface area contributed by atoms with Gasteiger partial charge in [0, 0.05) is 31.7 Å². The Hall–Kier alpha value is -2.93. The number of carbonyl (C=O) groups excluding carboxylic acids is 1. The molecule has 0 aliphatic carbocycles. The van der Waals surface area contributed by atoms with Gasteiger partial charge < -0.3 is 14.4 Å². The minimum absolute atomic E-state index is 0.214. The Balaban J connectivity index is 1.68. The number of aryl methyl sites for hydroxylation is 1. The highest BCUT2D eigenvalue weighted by Crippen LogP contribution is 2.45. The minimum Gasteiger partial charge on any atom is -0.461 e. The molecule has 2 aliphatic heterocycles. The van der Waals surface area contributed by atoms with Gasteiger partial charge in [-0.3, -0.25) is 0 Å². The summed E-state index contributed by atoms with van der Waals surface area (Å²) in [4.78, 5) is 19.9. The third-order valence-electron chi connectivity index (χ3n) is 6.87. The maximum absolute atomic E-state index is 12.8. The number of carbonyl (C=O) groups is 1. The zero-order chi connectivity index (χ0) is 23.2. The zero-order valence-electron chi connectivity index (χ0n) is 19.9. The lowest BCUT2D eigenvalue weighted by Gasteiger charge is -2.53. The van der Waals surface area contributed by atoms with Crippen molar-refractivity contribution in [1.29, 1.82) is 0 Å². The fourth-order valence-corrected chi connectivity index (χ4v) is 5.08. The summed E-state index contributed by atoms with van der Waals surface area (Å²) in [7, 11) is 0. The zero-order valence-corrected chi connectivity index (χ0v) is 19.9. The van der Waals surface area contributed by atoms with Crippen LogP contribution in [-0.4, -0.2) is 53.6 Å². The third-order valence-corrected chi connectivity index (χ3v) is 6.87. The lowest BCUT2D eigenvalue weighted by atomic mass is 9.73. The Morgan fingerprint density at radius 3 is 2.64 bits per heavy atom. The lowest BCUT2D eigenvalue weighted by molar-refractivity contribution is -0.000109. The first kappa shape index (κ1) is 21.9. The van der Waals surface area contributed by atoms with Crippen LogP contribution in [0.2, 0.25) is 0 Å². The average molecular weight is 449 g/mol. The van der Waals surface area contributed by atoms with E-state index in [-0.39, 0.29) is 5.92 Å². The number of fused-ring (bicyclic) bond motifs is 1. The van der Waals surface area contributed by atoms with Gasteiger partial charge in [0.15, 0.2) is 11.3 Å². The summed E-state index contributed by atoms with van der Waals surface area (Å²) in [6.07, 6.45) is 2.17. The second kappa shape index (κ2) is 8.45. The molecule has 2 fully saturated rings. The molecule has 33 heavy (non-hydrogen) atoms. The highest BCUT2D eigenvalue weighted by molar-refractivity contribution is 5.99. The van der Waals surface area contributed by atoms with Crippen molar-refractivity contribution in [2.75, 3.05) is 37.8 Å². The molecule has 0 amide bonds. The highest BCUT2D eigenvalue weighted by atomic mass is 16.5. The van der Waals surface area contributed by atoms with Gasteiger partial charge in [-0.2, -0.15) is 5.10 Å². The van der Waals surface area contributed by atoms with E-state index in [0.29, 0.717) is 23.4 Å². The maximum Gasteiger partial charge on any atom is 0.357 e. The number of hydrogen-bond donors (Lipinski definition) is 0. The molecule has 0 bridgehead atoms. The predicted molar refractivity (Wildman–Crippen MR) is 128 cm³/mol. The summed E-state index contributed by atoms with van der Waals surface area (Å²) in [5.74, 6) is -0.184. The first-order valence-corrected chi connectivity index (χ1v) is 11.9. The normalized spacial score (nSPS) is 17.5. The van der Waals surface area contributed by atoms with E-state index in [1.807, 2.05) is 29.8 Å². The van der Waals surface area contributed by atoms with Crippen LogP contribution >= 0.6 is 0 Å². The number of esters is 1. The molecule has 0 saturated carbocycles. The van der Waals surface area contributed by atoms with Gasteiger partial charge in [0.2, 0.25) is 0 Å². The number of anilines is 1. The highest BCUT2D eigenvalue weighted by Gasteiger charge is 2.45. The average Bonchev–Trinajstić information content (AvgIpc) is 3.18. The number of benzene rings is 1. The summed E-state index contributed by atoms with van der Waals surface area (Å²) in [5, 5.41) is 6.04. The molecule has 5 rings (SSSR count). The summed E-state index contributed by atoms with van der Waals surface area (Å²) < 4.78 is 12.8. The molecule has 7 heteroatoms. The Bertz CT molecular complexity index is 1190. The van der Waals surface area contributed by atoms with Crippen LogP contribution < -0.4 is 4.90 Å². The lowest BCUT2D eigenvalue weighted by Crippen LogP contribution is -2.58. The number of aromatic nitrogens is 3. The molecule has 0 atom stereocenters. The van der Waals surface area contributed by atoms with Crippen LogP contribution in [0.1, 0.15) is 61.3 Å². The SMILES string of the molecule is CCOC(=O)c1cc(N2CC3(CCOCC3)C2)c2c(C(C)C)nn(-c3cccc(C)c3)c2n1. The number of pyridine rings is 1. The van der Waals surface area contributed by atoms with Crippen LogP contribution in [0, 0.1) is 12.3 Å². The van der Waals surface area contributed by atoms with E-state index in [4.69, 9.17) is 19.6 Å². The van der Waals surface area contributed by atoms with E-state index in [0.717, 1.165) is 67.2 Å². The Kier molecular flexibility index (Phi) is 5.60. The molecule has 0 unspecified atom stereocenters. The largest absolute Gasteiger partial charge is 0.461 e. The van der Waals surface area contributed by atoms with Gasteiger partial charge in [-0.25, -0.2) is 14.5 Å². The molecule has 1 aromatic carbocycles. The molecule has 0 N–H and O–H groups in total. The van der Waals surface area contributed by atoms with Crippen LogP contribution in [-0.2, 0) is 9.47 Å². The van der Waals surface area contributed by atoms with Crippen molar-refractivity contribution < 1.29 is 14.3 Å². The van der Waals surface area contributed by atoms with E-state index in [1.165, 1.54) is 0 Å². The number of hydrogen-bond acceptors (Lipinski definition) is 6. The Morgan fingerprint density at radius 1 is 1.21 bits per heavy atom. The second-order valence-corrected chi connectivity index (χ2v) is 9.70. The van der Waals surface area contributed by atoms with E-state index in [1.54, 1.807) is 0 Å². The van der Waals surface area contributed by atoms with Crippen molar-refractivity contribution in [3.8, 4) is 5.69 Å². The van der Waals surface area contributed by atoms with Crippen molar-refractivity contribution in [3.05, 3.63) is 47.3 Å². The Labute approximate surface area is 194 Å². The molecule has 1 spiro atoms. The third kappa shape index (κ3) is 3.88. The van der Waals surface area contributed by atoms with E-state index >= 15 is 0 Å². The number of rotatable bonds is 5. The van der Waals surface area contributed by atoms with Gasteiger partial charge in [0.25, 0.3) is 0 Å². The molecule has 174 valence electrons. The molecular weight excluding hydrogens is 416 g/mol. The van der Waals surface area contributed by atoms with Gasteiger partial charge >= 0.3 is 5.97 Å². The summed E-state index contributed by atoms with van der Waals surface area (Å²) in [6.45, 7) is 12.1. The topological polar surface area (TPSA) is 69.5 Å². The van der Waals surface area contributed by atoms with Crippen LogP contribution in [0.25, 0.3) is 16.7 Å². The van der Waals surface area contributed by atoms with Crippen molar-refractivity contribution in [1.82, 2.24) is 14.8 Å². The number of ether oxygens (including phenoxy) is 2. The summed E-state index contributed by atoms with van der Waals surface area (Å²) >= 11 is 0. The monoisotopic (exact) mass is 448 g/mol. The second-order valence-electron chi connectivity index (χ2n) is 9.70. The summed E-state index contributed by atoms with van der Waals surface area (Å²) in [6, 6.07) is 10.1. The first-order chi connectivity index (χ1) is 15.9. The van der Waals surface area contributed by atoms with Crippen molar-refractivity contribution in [3.63, 3.8) is 0 Å². The van der Waals surface area contributed by atoms with Crippen LogP contribution in [0.15, 0.2) is 30.3 Å². The number of nitrogens with zero attached hydrogens (tertiary/aromatic N) is 4. The van der Waals surface area contributed by atoms with E-state index < -0.39 is 5.97 Å². The van der Waals surface area contributed by atoms with Gasteiger partial charge in [-0.05, 0) is 56.4 Å². The van der Waals surface area contributed by atoms with Crippen molar-refractivity contribution >= 4 is 22.7 Å². The van der Waals surface area contributed by atoms with Gasteiger partial charge in [0.05, 0.1) is 29.1 Å². The molecule has 4 heterocycles. The van der Waals surface area contributed by atoms with Crippen molar-refractivity contribution in [2.45, 2.75) is 46.5 Å². The minimum atomic E-state index is -0.398. The van der Waals surface area contributed by atoms with Gasteiger partial charge in [0.1, 0.15) is 0 Å². The van der Waals surface area contributed by atoms with E-state index in [2.05, 4.69) is 37.8 Å². The summed E-state index contributed by atoms with van der Waals surface area (Å²) in [5.41, 5.74) is 5.46. The molecule has 2 saturated heterocycles. The van der Waals surface area contributed by atoms with Crippen molar-refractivity contribution in [2.24, 2.45) is 5.41 Å². The quantitative estimate of drug-likeness (QED) is 0.530.